The molecule has 0 radical (unpaired) electrons. The van der Waals surface area contributed by atoms with Gasteiger partial charge in [-0.15, -0.1) is 0 Å². The molecular weight excluding hydrogens is 220 g/mol. The smallest absolute Gasteiger partial charge is 0.312 e. The van der Waals surface area contributed by atoms with Crippen LogP contribution >= 0.6 is 0 Å². The number of carboxylic acid groups (broad SMARTS) is 1. The molecule has 0 amide bonds. The molecule has 0 heterocycles. The van der Waals surface area contributed by atoms with Crippen LogP contribution in [0.25, 0.3) is 0 Å². The summed E-state index contributed by atoms with van der Waals surface area (Å²) < 4.78 is 5.18. The molecule has 2 aliphatic carbocycles. The number of ether oxygens (including phenoxy) is 1. The molecule has 0 saturated heterocycles. The number of carbonyl (C=O) groups is 1. The molecule has 2 aliphatic rings. The fraction of sp³-hybridized carbons (Fsp3) is 0.923. The van der Waals surface area contributed by atoms with E-state index in [1.807, 2.05) is 0 Å². The topological polar surface area (TPSA) is 66.8 Å². The number of hydrogen-bond donors (Lipinski definition) is 2. The minimum absolute atomic E-state index is 0.00708. The van der Waals surface area contributed by atoms with E-state index < -0.39 is 17.0 Å². The minimum Gasteiger partial charge on any atom is -0.481 e. The first-order valence-electron chi connectivity index (χ1n) is 6.42. The number of aliphatic hydroxyl groups is 1. The van der Waals surface area contributed by atoms with E-state index in [-0.39, 0.29) is 6.10 Å². The molecule has 0 aromatic heterocycles. The third-order valence-corrected chi connectivity index (χ3v) is 4.76. The second-order valence-electron chi connectivity index (χ2n) is 5.89. The molecule has 2 unspecified atom stereocenters. The summed E-state index contributed by atoms with van der Waals surface area (Å²) in [6, 6.07) is 0. The Morgan fingerprint density at radius 1 is 1.35 bits per heavy atom. The first-order valence-corrected chi connectivity index (χ1v) is 6.42. The van der Waals surface area contributed by atoms with Crippen molar-refractivity contribution in [2.24, 2.45) is 11.3 Å². The monoisotopic (exact) mass is 242 g/mol. The molecule has 2 atom stereocenters. The van der Waals surface area contributed by atoms with Gasteiger partial charge in [0.15, 0.2) is 0 Å². The number of methoxy groups -OCH3 is 1. The zero-order chi connectivity index (χ0) is 12.7. The van der Waals surface area contributed by atoms with Crippen LogP contribution in [0, 0.1) is 11.3 Å². The zero-order valence-electron chi connectivity index (χ0n) is 10.6. The summed E-state index contributed by atoms with van der Waals surface area (Å²) in [4.78, 5) is 11.6. The van der Waals surface area contributed by atoms with Gasteiger partial charge in [-0.1, -0.05) is 19.8 Å². The van der Waals surface area contributed by atoms with Crippen molar-refractivity contribution in [2.75, 3.05) is 7.11 Å². The first-order chi connectivity index (χ1) is 7.93. The van der Waals surface area contributed by atoms with Crippen LogP contribution in [0.15, 0.2) is 0 Å². The lowest BCUT2D eigenvalue weighted by Gasteiger charge is -2.55. The maximum Gasteiger partial charge on any atom is 0.312 e. The molecule has 0 bridgehead atoms. The highest BCUT2D eigenvalue weighted by Crippen LogP contribution is 2.56. The van der Waals surface area contributed by atoms with Gasteiger partial charge in [-0.25, -0.2) is 0 Å². The number of hydrogen-bond acceptors (Lipinski definition) is 3. The zero-order valence-corrected chi connectivity index (χ0v) is 10.6. The van der Waals surface area contributed by atoms with Gasteiger partial charge >= 0.3 is 5.97 Å². The Morgan fingerprint density at radius 3 is 2.47 bits per heavy atom. The van der Waals surface area contributed by atoms with Gasteiger partial charge in [0.25, 0.3) is 0 Å². The normalized spacial score (nSPS) is 46.3. The summed E-state index contributed by atoms with van der Waals surface area (Å²) in [6.07, 6.45) is 4.11. The SMILES string of the molecule is COC1CC(C(=O)O)(C2(O)CCCC(C)C2)C1. The van der Waals surface area contributed by atoms with Gasteiger partial charge in [-0.2, -0.15) is 0 Å². The Balaban J connectivity index is 2.19. The Hall–Kier alpha value is -0.610. The molecule has 2 fully saturated rings. The van der Waals surface area contributed by atoms with Crippen molar-refractivity contribution in [1.82, 2.24) is 0 Å². The van der Waals surface area contributed by atoms with Gasteiger partial charge in [0, 0.05) is 7.11 Å². The second kappa shape index (κ2) is 4.25. The van der Waals surface area contributed by atoms with Crippen molar-refractivity contribution in [1.29, 1.82) is 0 Å². The van der Waals surface area contributed by atoms with E-state index in [9.17, 15) is 15.0 Å². The van der Waals surface area contributed by atoms with E-state index in [1.165, 1.54) is 0 Å². The molecule has 0 spiro atoms. The molecule has 4 heteroatoms. The summed E-state index contributed by atoms with van der Waals surface area (Å²) in [6.45, 7) is 2.09. The van der Waals surface area contributed by atoms with Gasteiger partial charge in [-0.3, -0.25) is 4.79 Å². The van der Waals surface area contributed by atoms with Crippen molar-refractivity contribution in [3.05, 3.63) is 0 Å². The van der Waals surface area contributed by atoms with E-state index in [4.69, 9.17) is 4.74 Å². The molecule has 2 rings (SSSR count). The fourth-order valence-electron chi connectivity index (χ4n) is 3.60. The van der Waals surface area contributed by atoms with Crippen molar-refractivity contribution in [2.45, 2.75) is 57.2 Å². The van der Waals surface area contributed by atoms with E-state index in [0.717, 1.165) is 12.8 Å². The quantitative estimate of drug-likeness (QED) is 0.792. The number of carboxylic acids is 1. The molecule has 2 N–H and O–H groups in total. The largest absolute Gasteiger partial charge is 0.481 e. The average Bonchev–Trinajstić information content (AvgIpc) is 2.14. The molecule has 17 heavy (non-hydrogen) atoms. The third kappa shape index (κ3) is 1.87. The van der Waals surface area contributed by atoms with Crippen molar-refractivity contribution in [3.8, 4) is 0 Å². The van der Waals surface area contributed by atoms with Crippen molar-refractivity contribution >= 4 is 5.97 Å². The highest BCUT2D eigenvalue weighted by molar-refractivity contribution is 5.78. The predicted molar refractivity (Wildman–Crippen MR) is 62.7 cm³/mol. The van der Waals surface area contributed by atoms with Crippen LogP contribution in [0.2, 0.25) is 0 Å². The summed E-state index contributed by atoms with van der Waals surface area (Å²) in [5.41, 5.74) is -2.01. The van der Waals surface area contributed by atoms with Gasteiger partial charge in [0.2, 0.25) is 0 Å². The van der Waals surface area contributed by atoms with E-state index in [2.05, 4.69) is 6.92 Å². The van der Waals surface area contributed by atoms with Crippen LogP contribution in [0.4, 0.5) is 0 Å². The van der Waals surface area contributed by atoms with Crippen molar-refractivity contribution < 1.29 is 19.7 Å². The highest BCUT2D eigenvalue weighted by Gasteiger charge is 2.63. The Morgan fingerprint density at radius 2 is 2.00 bits per heavy atom. The molecular formula is C13H22O4. The second-order valence-corrected chi connectivity index (χ2v) is 5.89. The summed E-state index contributed by atoms with van der Waals surface area (Å²) in [7, 11) is 1.60. The number of rotatable bonds is 3. The molecule has 98 valence electrons. The van der Waals surface area contributed by atoms with Gasteiger partial charge in [0.1, 0.15) is 5.41 Å². The third-order valence-electron chi connectivity index (χ3n) is 4.76. The van der Waals surface area contributed by atoms with Crippen LogP contribution in [-0.4, -0.2) is 35.0 Å². The summed E-state index contributed by atoms with van der Waals surface area (Å²) >= 11 is 0. The molecule has 2 saturated carbocycles. The van der Waals surface area contributed by atoms with Crippen LogP contribution in [0.1, 0.15) is 45.4 Å². The fourth-order valence-corrected chi connectivity index (χ4v) is 3.60. The van der Waals surface area contributed by atoms with E-state index in [0.29, 0.717) is 31.6 Å². The molecule has 0 aromatic carbocycles. The lowest BCUT2D eigenvalue weighted by Crippen LogP contribution is -2.63. The number of aliphatic carboxylic acids is 1. The van der Waals surface area contributed by atoms with Crippen LogP contribution in [0.5, 0.6) is 0 Å². The van der Waals surface area contributed by atoms with Crippen LogP contribution in [-0.2, 0) is 9.53 Å². The predicted octanol–water partition coefficient (Wildman–Crippen LogP) is 1.81. The van der Waals surface area contributed by atoms with Crippen molar-refractivity contribution in [3.63, 3.8) is 0 Å². The highest BCUT2D eigenvalue weighted by atomic mass is 16.5. The summed E-state index contributed by atoms with van der Waals surface area (Å²) in [5.74, 6) is -0.450. The van der Waals surface area contributed by atoms with Gasteiger partial charge in [-0.05, 0) is 31.6 Å². The van der Waals surface area contributed by atoms with E-state index in [1.54, 1.807) is 7.11 Å². The maximum atomic E-state index is 11.6. The Labute approximate surface area is 102 Å². The Kier molecular flexibility index (Phi) is 3.21. The molecule has 0 aliphatic heterocycles. The van der Waals surface area contributed by atoms with E-state index >= 15 is 0 Å². The van der Waals surface area contributed by atoms with Crippen LogP contribution in [0.3, 0.4) is 0 Å². The van der Waals surface area contributed by atoms with Gasteiger partial charge in [0.05, 0.1) is 11.7 Å². The average molecular weight is 242 g/mol. The lowest BCUT2D eigenvalue weighted by molar-refractivity contribution is -0.216. The first kappa shape index (κ1) is 12.8. The molecule has 4 nitrogen and oxygen atoms in total. The maximum absolute atomic E-state index is 11.6. The Bertz CT molecular complexity index is 309. The molecule has 0 aromatic rings. The minimum atomic E-state index is -1.04. The van der Waals surface area contributed by atoms with Crippen LogP contribution < -0.4 is 0 Å². The standard InChI is InChI=1S/C13H22O4/c1-9-4-3-5-13(16,6-9)12(11(14)15)7-10(8-12)17-2/h9-10,16H,3-8H2,1-2H3,(H,14,15). The van der Waals surface area contributed by atoms with Gasteiger partial charge < -0.3 is 14.9 Å². The summed E-state index contributed by atoms with van der Waals surface area (Å²) in [5, 5.41) is 20.2. The lowest BCUT2D eigenvalue weighted by atomic mass is 9.52.